The maximum absolute atomic E-state index is 13.3. The third-order valence-corrected chi connectivity index (χ3v) is 3.90. The number of nitrogens with zero attached hydrogens (tertiary/aromatic N) is 1. The number of aryl methyl sites for hydroxylation is 1. The lowest BCUT2D eigenvalue weighted by Crippen LogP contribution is -2.29. The standard InChI is InChI=1S/C20H20FN3O/c1-15-7-9-18(10-8-15)23-20(25)22-13-19-6-3-11-24(19)14-16-4-2-5-17(21)12-16/h2-12H,13-14H2,1H3,(H2,22,23,25). The number of amides is 2. The predicted molar refractivity (Wildman–Crippen MR) is 97.0 cm³/mol. The fourth-order valence-corrected chi connectivity index (χ4v) is 2.58. The Morgan fingerprint density at radius 2 is 1.88 bits per heavy atom. The number of aromatic nitrogens is 1. The number of urea groups is 1. The number of halogens is 1. The Balaban J connectivity index is 1.57. The van der Waals surface area contributed by atoms with Crippen LogP contribution in [-0.2, 0) is 13.1 Å². The Kier molecular flexibility index (Phi) is 5.14. The van der Waals surface area contributed by atoms with Gasteiger partial charge in [-0.05, 0) is 48.9 Å². The molecule has 0 aliphatic rings. The van der Waals surface area contributed by atoms with Crippen LogP contribution in [0.1, 0.15) is 16.8 Å². The lowest BCUT2D eigenvalue weighted by Gasteiger charge is -2.11. The lowest BCUT2D eigenvalue weighted by atomic mass is 10.2. The van der Waals surface area contributed by atoms with Crippen molar-refractivity contribution in [2.75, 3.05) is 5.32 Å². The molecule has 2 amide bonds. The van der Waals surface area contributed by atoms with Gasteiger partial charge in [-0.3, -0.25) is 0 Å². The molecule has 25 heavy (non-hydrogen) atoms. The number of rotatable bonds is 5. The van der Waals surface area contributed by atoms with Crippen LogP contribution in [0.5, 0.6) is 0 Å². The molecule has 0 unspecified atom stereocenters. The molecule has 0 spiro atoms. The van der Waals surface area contributed by atoms with Crippen molar-refractivity contribution in [3.63, 3.8) is 0 Å². The highest BCUT2D eigenvalue weighted by molar-refractivity contribution is 5.89. The van der Waals surface area contributed by atoms with Gasteiger partial charge in [0, 0.05) is 24.1 Å². The molecular formula is C20H20FN3O. The zero-order chi connectivity index (χ0) is 17.6. The van der Waals surface area contributed by atoms with Crippen LogP contribution in [0, 0.1) is 12.7 Å². The molecule has 1 aromatic heterocycles. The van der Waals surface area contributed by atoms with Crippen LogP contribution in [0.15, 0.2) is 66.9 Å². The van der Waals surface area contributed by atoms with Crippen LogP contribution in [0.3, 0.4) is 0 Å². The first kappa shape index (κ1) is 16.8. The normalized spacial score (nSPS) is 10.5. The maximum atomic E-state index is 13.3. The first-order chi connectivity index (χ1) is 12.1. The molecule has 0 fully saturated rings. The molecule has 3 aromatic rings. The van der Waals surface area contributed by atoms with Gasteiger partial charge in [-0.15, -0.1) is 0 Å². The quantitative estimate of drug-likeness (QED) is 0.716. The number of hydrogen-bond acceptors (Lipinski definition) is 1. The summed E-state index contributed by atoms with van der Waals surface area (Å²) in [6.45, 7) is 2.94. The van der Waals surface area contributed by atoms with Crippen LogP contribution in [0.2, 0.25) is 0 Å². The first-order valence-electron chi connectivity index (χ1n) is 8.10. The van der Waals surface area contributed by atoms with E-state index in [0.29, 0.717) is 13.1 Å². The van der Waals surface area contributed by atoms with Crippen molar-refractivity contribution < 1.29 is 9.18 Å². The lowest BCUT2D eigenvalue weighted by molar-refractivity contribution is 0.251. The molecule has 2 N–H and O–H groups in total. The van der Waals surface area contributed by atoms with Gasteiger partial charge in [0.25, 0.3) is 0 Å². The molecule has 0 saturated heterocycles. The Labute approximate surface area is 146 Å². The largest absolute Gasteiger partial charge is 0.345 e. The van der Waals surface area contributed by atoms with E-state index in [2.05, 4.69) is 10.6 Å². The second-order valence-electron chi connectivity index (χ2n) is 5.93. The molecule has 0 bridgehead atoms. The minimum atomic E-state index is -0.262. The predicted octanol–water partition coefficient (Wildman–Crippen LogP) is 4.31. The monoisotopic (exact) mass is 337 g/mol. The van der Waals surface area contributed by atoms with Crippen LogP contribution >= 0.6 is 0 Å². The second kappa shape index (κ2) is 7.66. The van der Waals surface area contributed by atoms with Gasteiger partial charge in [-0.25, -0.2) is 9.18 Å². The van der Waals surface area contributed by atoms with Gasteiger partial charge in [0.2, 0.25) is 0 Å². The van der Waals surface area contributed by atoms with Gasteiger partial charge in [0.15, 0.2) is 0 Å². The van der Waals surface area contributed by atoms with Crippen molar-refractivity contribution in [2.24, 2.45) is 0 Å². The van der Waals surface area contributed by atoms with E-state index in [1.165, 1.54) is 12.1 Å². The zero-order valence-corrected chi connectivity index (χ0v) is 14.0. The molecule has 0 saturated carbocycles. The van der Waals surface area contributed by atoms with Crippen LogP contribution in [0.25, 0.3) is 0 Å². The smallest absolute Gasteiger partial charge is 0.319 e. The van der Waals surface area contributed by atoms with Gasteiger partial charge in [-0.1, -0.05) is 29.8 Å². The summed E-state index contributed by atoms with van der Waals surface area (Å²) < 4.78 is 15.3. The number of anilines is 1. The first-order valence-corrected chi connectivity index (χ1v) is 8.10. The molecular weight excluding hydrogens is 317 g/mol. The fraction of sp³-hybridized carbons (Fsp3) is 0.150. The summed E-state index contributed by atoms with van der Waals surface area (Å²) in [5.41, 5.74) is 3.71. The average Bonchev–Trinajstić information content (AvgIpc) is 3.02. The molecule has 1 heterocycles. The topological polar surface area (TPSA) is 46.1 Å². The highest BCUT2D eigenvalue weighted by Crippen LogP contribution is 2.11. The van der Waals surface area contributed by atoms with Crippen molar-refractivity contribution in [3.05, 3.63) is 89.5 Å². The number of hydrogen-bond donors (Lipinski definition) is 2. The molecule has 2 aromatic carbocycles. The van der Waals surface area contributed by atoms with E-state index in [1.807, 2.05) is 60.2 Å². The molecule has 5 heteroatoms. The highest BCUT2D eigenvalue weighted by atomic mass is 19.1. The van der Waals surface area contributed by atoms with Crippen molar-refractivity contribution >= 4 is 11.7 Å². The average molecular weight is 337 g/mol. The van der Waals surface area contributed by atoms with Gasteiger partial charge in [0.05, 0.1) is 6.54 Å². The molecule has 3 rings (SSSR count). The van der Waals surface area contributed by atoms with E-state index in [0.717, 1.165) is 22.5 Å². The van der Waals surface area contributed by atoms with E-state index >= 15 is 0 Å². The Hall–Kier alpha value is -3.08. The summed E-state index contributed by atoms with van der Waals surface area (Å²) in [7, 11) is 0. The highest BCUT2D eigenvalue weighted by Gasteiger charge is 2.06. The minimum Gasteiger partial charge on any atom is -0.345 e. The fourth-order valence-electron chi connectivity index (χ4n) is 2.58. The van der Waals surface area contributed by atoms with Crippen molar-refractivity contribution in [3.8, 4) is 0 Å². The van der Waals surface area contributed by atoms with E-state index in [1.54, 1.807) is 6.07 Å². The van der Waals surface area contributed by atoms with E-state index in [4.69, 9.17) is 0 Å². The van der Waals surface area contributed by atoms with Crippen molar-refractivity contribution in [1.82, 2.24) is 9.88 Å². The molecule has 0 aliphatic carbocycles. The van der Waals surface area contributed by atoms with Crippen molar-refractivity contribution in [2.45, 2.75) is 20.0 Å². The second-order valence-corrected chi connectivity index (χ2v) is 5.93. The summed E-state index contributed by atoms with van der Waals surface area (Å²) in [5, 5.41) is 5.64. The van der Waals surface area contributed by atoms with E-state index in [9.17, 15) is 9.18 Å². The van der Waals surface area contributed by atoms with Crippen LogP contribution in [0.4, 0.5) is 14.9 Å². The Morgan fingerprint density at radius 1 is 1.08 bits per heavy atom. The van der Waals surface area contributed by atoms with Crippen molar-refractivity contribution in [1.29, 1.82) is 0 Å². The van der Waals surface area contributed by atoms with Gasteiger partial charge >= 0.3 is 6.03 Å². The summed E-state index contributed by atoms with van der Waals surface area (Å²) in [6, 6.07) is 17.7. The van der Waals surface area contributed by atoms with E-state index < -0.39 is 0 Å². The molecule has 4 nitrogen and oxygen atoms in total. The third-order valence-electron chi connectivity index (χ3n) is 3.90. The van der Waals surface area contributed by atoms with Crippen LogP contribution in [-0.4, -0.2) is 10.6 Å². The summed E-state index contributed by atoms with van der Waals surface area (Å²) in [5.74, 6) is -0.248. The Bertz CT molecular complexity index is 855. The Morgan fingerprint density at radius 3 is 2.64 bits per heavy atom. The number of carbonyl (C=O) groups excluding carboxylic acids is 1. The molecule has 128 valence electrons. The minimum absolute atomic E-state index is 0.248. The third kappa shape index (κ3) is 4.70. The molecule has 0 radical (unpaired) electrons. The van der Waals surface area contributed by atoms with Gasteiger partial charge in [0.1, 0.15) is 5.82 Å². The SMILES string of the molecule is Cc1ccc(NC(=O)NCc2cccn2Cc2cccc(F)c2)cc1. The van der Waals surface area contributed by atoms with Crippen LogP contribution < -0.4 is 10.6 Å². The maximum Gasteiger partial charge on any atom is 0.319 e. The van der Waals surface area contributed by atoms with Gasteiger partial charge < -0.3 is 15.2 Å². The van der Waals surface area contributed by atoms with E-state index in [-0.39, 0.29) is 11.8 Å². The zero-order valence-electron chi connectivity index (χ0n) is 14.0. The summed E-state index contributed by atoms with van der Waals surface area (Å²) in [6.07, 6.45) is 1.92. The summed E-state index contributed by atoms with van der Waals surface area (Å²) >= 11 is 0. The molecule has 0 aliphatic heterocycles. The molecule has 0 atom stereocenters. The number of carbonyl (C=O) groups is 1. The van der Waals surface area contributed by atoms with Gasteiger partial charge in [-0.2, -0.15) is 0 Å². The summed E-state index contributed by atoms with van der Waals surface area (Å²) in [4.78, 5) is 12.0. The number of benzene rings is 2. The number of nitrogens with one attached hydrogen (secondary N) is 2.